The molecular weight excluding hydrogens is 206 g/mol. The van der Waals surface area contributed by atoms with Gasteiger partial charge in [-0.2, -0.15) is 0 Å². The second-order valence-electron chi connectivity index (χ2n) is 3.72. The van der Waals surface area contributed by atoms with E-state index in [-0.39, 0.29) is 0 Å². The molecule has 88 valence electrons. The van der Waals surface area contributed by atoms with Crippen LogP contribution in [0.3, 0.4) is 0 Å². The molecule has 1 atom stereocenters. The molecule has 1 saturated heterocycles. The summed E-state index contributed by atoms with van der Waals surface area (Å²) in [4.78, 5) is 0. The van der Waals surface area contributed by atoms with E-state index in [9.17, 15) is 0 Å². The van der Waals surface area contributed by atoms with Crippen molar-refractivity contribution in [2.24, 2.45) is 0 Å². The molecule has 1 aromatic carbocycles. The first-order chi connectivity index (χ1) is 7.81. The molecule has 1 aliphatic rings. The molecule has 1 aromatic rings. The van der Waals surface area contributed by atoms with Gasteiger partial charge in [0, 0.05) is 11.6 Å². The third kappa shape index (κ3) is 1.69. The van der Waals surface area contributed by atoms with Crippen LogP contribution >= 0.6 is 0 Å². The van der Waals surface area contributed by atoms with E-state index in [4.69, 9.17) is 14.2 Å². The second-order valence-corrected chi connectivity index (χ2v) is 3.72. The third-order valence-corrected chi connectivity index (χ3v) is 2.93. The van der Waals surface area contributed by atoms with Crippen molar-refractivity contribution < 1.29 is 14.2 Å². The van der Waals surface area contributed by atoms with Crippen molar-refractivity contribution in [3.8, 4) is 17.2 Å². The Balaban J connectivity index is 2.45. The van der Waals surface area contributed by atoms with Crippen LogP contribution in [-0.4, -0.2) is 27.9 Å². The van der Waals surface area contributed by atoms with Crippen LogP contribution in [-0.2, 0) is 0 Å². The van der Waals surface area contributed by atoms with E-state index >= 15 is 0 Å². The van der Waals surface area contributed by atoms with E-state index in [2.05, 4.69) is 5.32 Å². The van der Waals surface area contributed by atoms with Gasteiger partial charge >= 0.3 is 0 Å². The highest BCUT2D eigenvalue weighted by atomic mass is 16.5. The highest BCUT2D eigenvalue weighted by Gasteiger charge is 2.25. The van der Waals surface area contributed by atoms with Gasteiger partial charge in [0.2, 0.25) is 5.75 Å². The van der Waals surface area contributed by atoms with Gasteiger partial charge in [0.1, 0.15) is 0 Å². The van der Waals surface area contributed by atoms with Gasteiger partial charge in [-0.1, -0.05) is 0 Å². The average Bonchev–Trinajstić information content (AvgIpc) is 2.25. The summed E-state index contributed by atoms with van der Waals surface area (Å²) in [5.41, 5.74) is 1.13. The SMILES string of the molecule is COc1ccc([C@@H]2CCN2)c(OC)c1OC. The van der Waals surface area contributed by atoms with Crippen LogP contribution in [0.1, 0.15) is 18.0 Å². The fourth-order valence-electron chi connectivity index (χ4n) is 1.95. The number of hydrogen-bond acceptors (Lipinski definition) is 4. The average molecular weight is 223 g/mol. The lowest BCUT2D eigenvalue weighted by molar-refractivity contribution is 0.309. The summed E-state index contributed by atoms with van der Waals surface area (Å²) in [6.45, 7) is 1.06. The molecule has 0 aromatic heterocycles. The van der Waals surface area contributed by atoms with E-state index in [0.717, 1.165) is 24.3 Å². The molecule has 4 heteroatoms. The quantitative estimate of drug-likeness (QED) is 0.844. The van der Waals surface area contributed by atoms with E-state index < -0.39 is 0 Å². The number of benzene rings is 1. The number of nitrogens with one attached hydrogen (secondary N) is 1. The number of methoxy groups -OCH3 is 3. The smallest absolute Gasteiger partial charge is 0.203 e. The normalized spacial score (nSPS) is 18.8. The third-order valence-electron chi connectivity index (χ3n) is 2.93. The molecule has 0 saturated carbocycles. The molecule has 4 nitrogen and oxygen atoms in total. The molecule has 1 N–H and O–H groups in total. The highest BCUT2D eigenvalue weighted by molar-refractivity contribution is 5.57. The van der Waals surface area contributed by atoms with Crippen molar-refractivity contribution in [3.63, 3.8) is 0 Å². The van der Waals surface area contributed by atoms with Crippen molar-refractivity contribution in [1.29, 1.82) is 0 Å². The van der Waals surface area contributed by atoms with Crippen LogP contribution in [0.5, 0.6) is 17.2 Å². The molecular formula is C12H17NO3. The van der Waals surface area contributed by atoms with E-state index in [1.807, 2.05) is 12.1 Å². The summed E-state index contributed by atoms with van der Waals surface area (Å²) in [7, 11) is 4.90. The van der Waals surface area contributed by atoms with Crippen molar-refractivity contribution >= 4 is 0 Å². The number of ether oxygens (including phenoxy) is 3. The fraction of sp³-hybridized carbons (Fsp3) is 0.500. The van der Waals surface area contributed by atoms with Crippen molar-refractivity contribution in [3.05, 3.63) is 17.7 Å². The molecule has 1 heterocycles. The van der Waals surface area contributed by atoms with Gasteiger partial charge in [0.05, 0.1) is 21.3 Å². The first-order valence-corrected chi connectivity index (χ1v) is 5.34. The maximum absolute atomic E-state index is 5.42. The zero-order chi connectivity index (χ0) is 11.5. The first-order valence-electron chi connectivity index (χ1n) is 5.34. The standard InChI is InChI=1S/C12H17NO3/c1-14-10-5-4-8(9-6-7-13-9)11(15-2)12(10)16-3/h4-5,9,13H,6-7H2,1-3H3/t9-/m0/s1. The van der Waals surface area contributed by atoms with Crippen LogP contribution in [0.25, 0.3) is 0 Å². The molecule has 1 aliphatic heterocycles. The Bertz CT molecular complexity index is 375. The zero-order valence-corrected chi connectivity index (χ0v) is 9.87. The molecule has 0 amide bonds. The van der Waals surface area contributed by atoms with Gasteiger partial charge in [0.15, 0.2) is 11.5 Å². The lowest BCUT2D eigenvalue weighted by Gasteiger charge is -2.30. The zero-order valence-electron chi connectivity index (χ0n) is 9.87. The molecule has 1 fully saturated rings. The predicted octanol–water partition coefficient (Wildman–Crippen LogP) is 1.75. The second kappa shape index (κ2) is 4.61. The first kappa shape index (κ1) is 11.1. The van der Waals surface area contributed by atoms with E-state index in [1.165, 1.54) is 0 Å². The number of rotatable bonds is 4. The van der Waals surface area contributed by atoms with Crippen LogP contribution in [0.2, 0.25) is 0 Å². The Morgan fingerprint density at radius 2 is 1.75 bits per heavy atom. The minimum absolute atomic E-state index is 0.370. The van der Waals surface area contributed by atoms with Gasteiger partial charge in [-0.3, -0.25) is 0 Å². The molecule has 0 unspecified atom stereocenters. The topological polar surface area (TPSA) is 39.7 Å². The minimum atomic E-state index is 0.370. The maximum Gasteiger partial charge on any atom is 0.203 e. The lowest BCUT2D eigenvalue weighted by atomic mass is 9.96. The fourth-order valence-corrected chi connectivity index (χ4v) is 1.95. The monoisotopic (exact) mass is 223 g/mol. The summed E-state index contributed by atoms with van der Waals surface area (Å²) in [5.74, 6) is 2.12. The summed E-state index contributed by atoms with van der Waals surface area (Å²) in [6, 6.07) is 4.31. The minimum Gasteiger partial charge on any atom is -0.493 e. The maximum atomic E-state index is 5.42. The molecule has 0 radical (unpaired) electrons. The van der Waals surface area contributed by atoms with E-state index in [0.29, 0.717) is 17.5 Å². The lowest BCUT2D eigenvalue weighted by Crippen LogP contribution is -2.35. The van der Waals surface area contributed by atoms with Crippen LogP contribution in [0.15, 0.2) is 12.1 Å². The predicted molar refractivity (Wildman–Crippen MR) is 61.5 cm³/mol. The Labute approximate surface area is 95.5 Å². The van der Waals surface area contributed by atoms with Gasteiger partial charge in [0.25, 0.3) is 0 Å². The van der Waals surface area contributed by atoms with Gasteiger partial charge in [-0.15, -0.1) is 0 Å². The van der Waals surface area contributed by atoms with Crippen LogP contribution < -0.4 is 19.5 Å². The van der Waals surface area contributed by atoms with Crippen LogP contribution in [0, 0.1) is 0 Å². The summed E-state index contributed by atoms with van der Waals surface area (Å²) >= 11 is 0. The van der Waals surface area contributed by atoms with Crippen LogP contribution in [0.4, 0.5) is 0 Å². The van der Waals surface area contributed by atoms with Crippen molar-refractivity contribution in [2.75, 3.05) is 27.9 Å². The van der Waals surface area contributed by atoms with Crippen molar-refractivity contribution in [2.45, 2.75) is 12.5 Å². The summed E-state index contributed by atoms with van der Waals surface area (Å²) < 4.78 is 16.0. The van der Waals surface area contributed by atoms with Crippen molar-refractivity contribution in [1.82, 2.24) is 5.32 Å². The Morgan fingerprint density at radius 1 is 1.06 bits per heavy atom. The highest BCUT2D eigenvalue weighted by Crippen LogP contribution is 2.43. The molecule has 0 spiro atoms. The van der Waals surface area contributed by atoms with Gasteiger partial charge < -0.3 is 19.5 Å². The molecule has 16 heavy (non-hydrogen) atoms. The number of hydrogen-bond donors (Lipinski definition) is 1. The molecule has 0 bridgehead atoms. The summed E-state index contributed by atoms with van der Waals surface area (Å²) in [5, 5.41) is 3.35. The Hall–Kier alpha value is -1.42. The summed E-state index contributed by atoms with van der Waals surface area (Å²) in [6.07, 6.45) is 1.13. The molecule has 2 rings (SSSR count). The Kier molecular flexibility index (Phi) is 3.19. The molecule has 0 aliphatic carbocycles. The largest absolute Gasteiger partial charge is 0.493 e. The van der Waals surface area contributed by atoms with Gasteiger partial charge in [-0.25, -0.2) is 0 Å². The Morgan fingerprint density at radius 3 is 2.19 bits per heavy atom. The van der Waals surface area contributed by atoms with E-state index in [1.54, 1.807) is 21.3 Å². The van der Waals surface area contributed by atoms with Gasteiger partial charge in [-0.05, 0) is 25.1 Å².